The number of nitrogens with zero attached hydrogens (tertiary/aromatic N) is 1. The second-order valence-corrected chi connectivity index (χ2v) is 8.97. The van der Waals surface area contributed by atoms with Crippen molar-refractivity contribution in [1.29, 1.82) is 0 Å². The van der Waals surface area contributed by atoms with Gasteiger partial charge in [-0.1, -0.05) is 35.3 Å². The molecule has 1 amide bonds. The molecular formula is C19H22Cl2N2O4S. The van der Waals surface area contributed by atoms with Crippen LogP contribution in [0.3, 0.4) is 0 Å². The third kappa shape index (κ3) is 6.02. The van der Waals surface area contributed by atoms with Crippen LogP contribution in [0.5, 0.6) is 5.75 Å². The van der Waals surface area contributed by atoms with Gasteiger partial charge < -0.3 is 10.1 Å². The zero-order valence-electron chi connectivity index (χ0n) is 15.8. The molecule has 0 aliphatic carbocycles. The molecule has 0 saturated heterocycles. The highest BCUT2D eigenvalue weighted by Gasteiger charge is 2.29. The van der Waals surface area contributed by atoms with Crippen LogP contribution >= 0.6 is 23.2 Å². The van der Waals surface area contributed by atoms with Gasteiger partial charge in [-0.15, -0.1) is 0 Å². The van der Waals surface area contributed by atoms with E-state index < -0.39 is 22.0 Å². The fourth-order valence-electron chi connectivity index (χ4n) is 2.58. The summed E-state index contributed by atoms with van der Waals surface area (Å²) in [7, 11) is -3.69. The summed E-state index contributed by atoms with van der Waals surface area (Å²) in [6, 6.07) is 10.7. The van der Waals surface area contributed by atoms with E-state index in [1.165, 1.54) is 13.0 Å². The fourth-order valence-corrected chi connectivity index (χ4v) is 4.10. The van der Waals surface area contributed by atoms with E-state index in [0.29, 0.717) is 21.5 Å². The molecule has 152 valence electrons. The highest BCUT2D eigenvalue weighted by molar-refractivity contribution is 7.92. The van der Waals surface area contributed by atoms with E-state index in [1.807, 2.05) is 13.0 Å². The second-order valence-electron chi connectivity index (χ2n) is 6.27. The Morgan fingerprint density at radius 1 is 1.21 bits per heavy atom. The van der Waals surface area contributed by atoms with E-state index in [1.54, 1.807) is 30.3 Å². The van der Waals surface area contributed by atoms with Crippen molar-refractivity contribution in [2.45, 2.75) is 19.9 Å². The number of aryl methyl sites for hydroxylation is 1. The number of benzene rings is 2. The van der Waals surface area contributed by atoms with Crippen molar-refractivity contribution in [3.8, 4) is 5.75 Å². The van der Waals surface area contributed by atoms with Crippen LogP contribution < -0.4 is 14.4 Å². The fraction of sp³-hybridized carbons (Fsp3) is 0.316. The highest BCUT2D eigenvalue weighted by Crippen LogP contribution is 2.24. The van der Waals surface area contributed by atoms with Gasteiger partial charge in [0.05, 0.1) is 18.5 Å². The van der Waals surface area contributed by atoms with E-state index >= 15 is 0 Å². The van der Waals surface area contributed by atoms with Crippen molar-refractivity contribution < 1.29 is 17.9 Å². The quantitative estimate of drug-likeness (QED) is 0.630. The monoisotopic (exact) mass is 444 g/mol. The maximum Gasteiger partial charge on any atom is 0.243 e. The third-order valence-corrected chi connectivity index (χ3v) is 5.85. The number of carbonyl (C=O) groups is 1. The van der Waals surface area contributed by atoms with E-state index in [4.69, 9.17) is 27.9 Å². The molecule has 0 aromatic heterocycles. The largest absolute Gasteiger partial charge is 0.492 e. The van der Waals surface area contributed by atoms with Gasteiger partial charge in [0.25, 0.3) is 0 Å². The molecule has 9 heteroatoms. The molecule has 1 atom stereocenters. The molecule has 0 bridgehead atoms. The summed E-state index contributed by atoms with van der Waals surface area (Å²) >= 11 is 12.0. The summed E-state index contributed by atoms with van der Waals surface area (Å²) in [5, 5.41) is 3.66. The normalized spacial score (nSPS) is 12.3. The number of nitrogens with one attached hydrogen (secondary N) is 1. The molecule has 1 N–H and O–H groups in total. The van der Waals surface area contributed by atoms with E-state index in [-0.39, 0.29) is 13.2 Å². The minimum absolute atomic E-state index is 0.210. The molecule has 28 heavy (non-hydrogen) atoms. The van der Waals surface area contributed by atoms with Gasteiger partial charge in [-0.25, -0.2) is 8.42 Å². The molecule has 6 nitrogen and oxygen atoms in total. The number of halogens is 2. The molecule has 0 fully saturated rings. The summed E-state index contributed by atoms with van der Waals surface area (Å²) in [5.74, 6) is 0.144. The van der Waals surface area contributed by atoms with Crippen LogP contribution in [0.1, 0.15) is 12.5 Å². The lowest BCUT2D eigenvalue weighted by Crippen LogP contribution is -2.48. The van der Waals surface area contributed by atoms with Crippen molar-refractivity contribution in [1.82, 2.24) is 5.32 Å². The molecule has 0 heterocycles. The number of ether oxygens (including phenoxy) is 1. The van der Waals surface area contributed by atoms with Gasteiger partial charge in [0.2, 0.25) is 15.9 Å². The number of carbonyl (C=O) groups excluding carboxylic acids is 1. The second kappa shape index (κ2) is 9.49. The Morgan fingerprint density at radius 2 is 1.93 bits per heavy atom. The molecule has 1 unspecified atom stereocenters. The Kier molecular flexibility index (Phi) is 7.57. The van der Waals surface area contributed by atoms with Gasteiger partial charge in [0, 0.05) is 10.0 Å². The molecule has 0 spiro atoms. The molecule has 0 saturated carbocycles. The maximum atomic E-state index is 12.5. The Bertz CT molecular complexity index is 951. The zero-order valence-corrected chi connectivity index (χ0v) is 18.1. The minimum Gasteiger partial charge on any atom is -0.492 e. The Morgan fingerprint density at radius 3 is 2.54 bits per heavy atom. The molecule has 0 aliphatic heterocycles. The lowest BCUT2D eigenvalue weighted by Gasteiger charge is -2.28. The van der Waals surface area contributed by atoms with Crippen LogP contribution in [-0.4, -0.2) is 39.8 Å². The van der Waals surface area contributed by atoms with Gasteiger partial charge in [0.15, 0.2) is 0 Å². The van der Waals surface area contributed by atoms with Crippen molar-refractivity contribution >= 4 is 44.8 Å². The summed E-state index contributed by atoms with van der Waals surface area (Å²) < 4.78 is 31.0. The van der Waals surface area contributed by atoms with Gasteiger partial charge in [-0.05, 0) is 49.7 Å². The summed E-state index contributed by atoms with van der Waals surface area (Å²) in [6.07, 6.45) is 1.04. The lowest BCUT2D eigenvalue weighted by molar-refractivity contribution is -0.121. The Hall–Kier alpha value is -1.96. The maximum absolute atomic E-state index is 12.5. The molecule has 0 aliphatic rings. The van der Waals surface area contributed by atoms with Crippen molar-refractivity contribution in [3.63, 3.8) is 0 Å². The molecule has 2 aromatic carbocycles. The van der Waals surface area contributed by atoms with Gasteiger partial charge in [-0.2, -0.15) is 0 Å². The van der Waals surface area contributed by atoms with Gasteiger partial charge in [0.1, 0.15) is 18.4 Å². The van der Waals surface area contributed by atoms with Crippen LogP contribution in [0.15, 0.2) is 42.5 Å². The standard InChI is InChI=1S/C19H22Cl2N2O4S/c1-13-7-8-17(12-18(13)21)27-10-9-22-19(24)14(2)23(28(3,25)26)16-6-4-5-15(20)11-16/h4-8,11-12,14H,9-10H2,1-3H3,(H,22,24). The van der Waals surface area contributed by atoms with Crippen molar-refractivity contribution in [2.24, 2.45) is 0 Å². The Balaban J connectivity index is 1.98. The van der Waals surface area contributed by atoms with Crippen LogP contribution in [0, 0.1) is 6.92 Å². The number of hydrogen-bond donors (Lipinski definition) is 1. The first-order valence-corrected chi connectivity index (χ1v) is 11.1. The van der Waals surface area contributed by atoms with Crippen LogP contribution in [-0.2, 0) is 14.8 Å². The highest BCUT2D eigenvalue weighted by atomic mass is 35.5. The number of anilines is 1. The van der Waals surface area contributed by atoms with E-state index in [2.05, 4.69) is 5.32 Å². The molecule has 0 radical (unpaired) electrons. The molecule has 2 rings (SSSR count). The van der Waals surface area contributed by atoms with Crippen LogP contribution in [0.2, 0.25) is 10.0 Å². The molecular weight excluding hydrogens is 423 g/mol. The Labute approximate surface area is 175 Å². The number of sulfonamides is 1. The smallest absolute Gasteiger partial charge is 0.243 e. The van der Waals surface area contributed by atoms with Crippen molar-refractivity contribution in [2.75, 3.05) is 23.7 Å². The van der Waals surface area contributed by atoms with Crippen LogP contribution in [0.25, 0.3) is 0 Å². The predicted molar refractivity (Wildman–Crippen MR) is 113 cm³/mol. The van der Waals surface area contributed by atoms with Crippen LogP contribution in [0.4, 0.5) is 5.69 Å². The third-order valence-electron chi connectivity index (χ3n) is 3.96. The first kappa shape index (κ1) is 22.3. The predicted octanol–water partition coefficient (Wildman–Crippen LogP) is 3.65. The van der Waals surface area contributed by atoms with Gasteiger partial charge >= 0.3 is 0 Å². The van der Waals surface area contributed by atoms with E-state index in [0.717, 1.165) is 16.1 Å². The average Bonchev–Trinajstić information content (AvgIpc) is 2.60. The minimum atomic E-state index is -3.69. The number of amides is 1. The van der Waals surface area contributed by atoms with Gasteiger partial charge in [-0.3, -0.25) is 9.10 Å². The summed E-state index contributed by atoms with van der Waals surface area (Å²) in [5.41, 5.74) is 1.27. The van der Waals surface area contributed by atoms with E-state index in [9.17, 15) is 13.2 Å². The topological polar surface area (TPSA) is 75.7 Å². The lowest BCUT2D eigenvalue weighted by atomic mass is 10.2. The van der Waals surface area contributed by atoms with Crippen molar-refractivity contribution in [3.05, 3.63) is 58.1 Å². The zero-order chi connectivity index (χ0) is 20.9. The molecule has 2 aromatic rings. The average molecular weight is 445 g/mol. The summed E-state index contributed by atoms with van der Waals surface area (Å²) in [6.45, 7) is 3.83. The first-order valence-electron chi connectivity index (χ1n) is 8.51. The number of rotatable bonds is 8. The SMILES string of the molecule is Cc1ccc(OCCNC(=O)C(C)N(c2cccc(Cl)c2)S(C)(=O)=O)cc1Cl. The first-order chi connectivity index (χ1) is 13.1. The number of hydrogen-bond acceptors (Lipinski definition) is 4. The summed E-state index contributed by atoms with van der Waals surface area (Å²) in [4.78, 5) is 12.5.